The lowest BCUT2D eigenvalue weighted by molar-refractivity contribution is 0.0923. The Kier molecular flexibility index (Phi) is 7.66. The molecule has 0 aliphatic heterocycles. The van der Waals surface area contributed by atoms with E-state index >= 15 is 0 Å². The highest BCUT2D eigenvalue weighted by Crippen LogP contribution is 2.26. The molecule has 0 unspecified atom stereocenters. The van der Waals surface area contributed by atoms with Crippen LogP contribution in [0.25, 0.3) is 16.6 Å². The van der Waals surface area contributed by atoms with Gasteiger partial charge in [0.25, 0.3) is 0 Å². The van der Waals surface area contributed by atoms with Crippen LogP contribution in [0.15, 0.2) is 107 Å². The van der Waals surface area contributed by atoms with E-state index in [2.05, 4.69) is 45.6 Å². The molecular formula is C35H31FN4O3. The number of hydrogen-bond acceptors (Lipinski definition) is 4. The largest absolute Gasteiger partial charge is 0.486 e. The van der Waals surface area contributed by atoms with Crippen LogP contribution in [0.3, 0.4) is 0 Å². The summed E-state index contributed by atoms with van der Waals surface area (Å²) in [5.41, 5.74) is 9.63. The van der Waals surface area contributed by atoms with Gasteiger partial charge in [0.05, 0.1) is 6.21 Å². The zero-order chi connectivity index (χ0) is 29.9. The zero-order valence-electron chi connectivity index (χ0n) is 24.2. The number of furan rings is 1. The van der Waals surface area contributed by atoms with Crippen molar-refractivity contribution in [3.8, 4) is 11.4 Å². The first-order chi connectivity index (χ1) is 20.9. The molecule has 0 aliphatic carbocycles. The summed E-state index contributed by atoms with van der Waals surface area (Å²) in [4.78, 5) is 12.8. The molecule has 6 aromatic rings. The van der Waals surface area contributed by atoms with Gasteiger partial charge in [-0.2, -0.15) is 5.10 Å². The van der Waals surface area contributed by atoms with Gasteiger partial charge in [-0.05, 0) is 93.1 Å². The first kappa shape index (κ1) is 27.8. The molecule has 0 bridgehead atoms. The number of para-hydroxylation sites is 1. The number of hydrazone groups is 1. The number of carbonyl (C=O) groups excluding carboxylic acids is 1. The van der Waals surface area contributed by atoms with Crippen LogP contribution >= 0.6 is 0 Å². The number of nitrogens with zero attached hydrogens (tertiary/aromatic N) is 3. The van der Waals surface area contributed by atoms with Crippen LogP contribution < -0.4 is 10.2 Å². The Hall–Kier alpha value is -5.37. The summed E-state index contributed by atoms with van der Waals surface area (Å²) in [6.07, 6.45) is 1.63. The lowest BCUT2D eigenvalue weighted by atomic mass is 10.1. The molecule has 8 heteroatoms. The topological polar surface area (TPSA) is 73.7 Å². The number of halogens is 1. The average molecular weight is 575 g/mol. The van der Waals surface area contributed by atoms with E-state index < -0.39 is 5.91 Å². The molecule has 0 saturated carbocycles. The number of carbonyl (C=O) groups is 1. The van der Waals surface area contributed by atoms with Crippen molar-refractivity contribution in [2.75, 3.05) is 0 Å². The number of amides is 1. The fraction of sp³-hybridized carbons (Fsp3) is 0.143. The highest BCUT2D eigenvalue weighted by atomic mass is 19.1. The Morgan fingerprint density at radius 3 is 2.47 bits per heavy atom. The summed E-state index contributed by atoms with van der Waals surface area (Å²) in [5, 5.41) is 5.20. The first-order valence-corrected chi connectivity index (χ1v) is 14.0. The number of benzene rings is 3. The van der Waals surface area contributed by atoms with Gasteiger partial charge in [-0.1, -0.05) is 30.3 Å². The molecule has 3 aromatic heterocycles. The summed E-state index contributed by atoms with van der Waals surface area (Å²) in [5.74, 6) is 0.619. The van der Waals surface area contributed by atoms with Crippen LogP contribution in [0.5, 0.6) is 5.75 Å². The molecule has 1 amide bonds. The second kappa shape index (κ2) is 11.9. The van der Waals surface area contributed by atoms with Gasteiger partial charge in [-0.15, -0.1) is 0 Å². The van der Waals surface area contributed by atoms with Crippen molar-refractivity contribution in [3.05, 3.63) is 143 Å². The zero-order valence-corrected chi connectivity index (χ0v) is 24.2. The van der Waals surface area contributed by atoms with Gasteiger partial charge in [-0.25, -0.2) is 9.82 Å². The summed E-state index contributed by atoms with van der Waals surface area (Å²) in [7, 11) is 0. The number of aryl methyl sites for hydroxylation is 2. The van der Waals surface area contributed by atoms with E-state index in [4.69, 9.17) is 9.15 Å². The molecule has 43 heavy (non-hydrogen) atoms. The second-order valence-electron chi connectivity index (χ2n) is 10.4. The van der Waals surface area contributed by atoms with Crippen LogP contribution in [0, 0.1) is 26.6 Å². The smallest absolute Gasteiger partial charge is 0.307 e. The number of aromatic nitrogens is 2. The van der Waals surface area contributed by atoms with Gasteiger partial charge in [0, 0.05) is 45.8 Å². The number of ether oxygens (including phenoxy) is 1. The Bertz CT molecular complexity index is 1930. The molecule has 216 valence electrons. The Balaban J connectivity index is 1.09. The molecule has 3 heterocycles. The second-order valence-corrected chi connectivity index (χ2v) is 10.4. The van der Waals surface area contributed by atoms with E-state index in [1.807, 2.05) is 61.5 Å². The van der Waals surface area contributed by atoms with E-state index in [0.717, 1.165) is 33.4 Å². The molecule has 0 atom stereocenters. The quantitative estimate of drug-likeness (QED) is 0.144. The average Bonchev–Trinajstić information content (AvgIpc) is 3.69. The lowest BCUT2D eigenvalue weighted by Crippen LogP contribution is -2.16. The number of fused-ring (bicyclic) bond motifs is 1. The van der Waals surface area contributed by atoms with Gasteiger partial charge in [0.1, 0.15) is 23.9 Å². The molecular weight excluding hydrogens is 543 g/mol. The predicted octanol–water partition coefficient (Wildman–Crippen LogP) is 7.48. The monoisotopic (exact) mass is 574 g/mol. The highest BCUT2D eigenvalue weighted by molar-refractivity contribution is 6.01. The van der Waals surface area contributed by atoms with Crippen molar-refractivity contribution in [2.45, 2.75) is 33.9 Å². The minimum Gasteiger partial charge on any atom is -0.486 e. The molecule has 0 fully saturated rings. The van der Waals surface area contributed by atoms with Gasteiger partial charge in [-0.3, -0.25) is 4.79 Å². The fourth-order valence-corrected chi connectivity index (χ4v) is 5.35. The van der Waals surface area contributed by atoms with Gasteiger partial charge in [0.2, 0.25) is 0 Å². The van der Waals surface area contributed by atoms with Crippen molar-refractivity contribution >= 4 is 23.0 Å². The summed E-state index contributed by atoms with van der Waals surface area (Å²) < 4.78 is 29.7. The number of rotatable bonds is 9. The van der Waals surface area contributed by atoms with Crippen LogP contribution in [0.2, 0.25) is 0 Å². The van der Waals surface area contributed by atoms with E-state index in [1.165, 1.54) is 23.5 Å². The van der Waals surface area contributed by atoms with Gasteiger partial charge in [0.15, 0.2) is 5.76 Å². The maximum Gasteiger partial charge on any atom is 0.307 e. The summed E-state index contributed by atoms with van der Waals surface area (Å²) >= 11 is 0. The third kappa shape index (κ3) is 5.85. The molecule has 7 nitrogen and oxygen atoms in total. The number of nitrogens with one attached hydrogen (secondary N) is 1. The minimum absolute atomic E-state index is 0.134. The maximum absolute atomic E-state index is 13.8. The molecule has 1 N–H and O–H groups in total. The SMILES string of the molecule is Cc1ccc(C)n1-c1ccc(OCc2ccc(C(=O)N/N=C/c3c(C)n(Cc4cccc(F)c4)c4ccccc34)o2)cc1. The Labute approximate surface area is 248 Å². The predicted molar refractivity (Wildman–Crippen MR) is 166 cm³/mol. The molecule has 0 saturated heterocycles. The van der Waals surface area contributed by atoms with Crippen molar-refractivity contribution < 1.29 is 18.3 Å². The van der Waals surface area contributed by atoms with Gasteiger partial charge >= 0.3 is 5.91 Å². The van der Waals surface area contributed by atoms with E-state index in [-0.39, 0.29) is 18.2 Å². The van der Waals surface area contributed by atoms with Crippen LogP contribution in [0.4, 0.5) is 4.39 Å². The van der Waals surface area contributed by atoms with Crippen LogP contribution in [-0.4, -0.2) is 21.3 Å². The third-order valence-corrected chi connectivity index (χ3v) is 7.50. The fourth-order valence-electron chi connectivity index (χ4n) is 5.35. The van der Waals surface area contributed by atoms with Crippen molar-refractivity contribution in [1.82, 2.24) is 14.6 Å². The molecule has 0 aliphatic rings. The van der Waals surface area contributed by atoms with E-state index in [0.29, 0.717) is 18.1 Å². The van der Waals surface area contributed by atoms with E-state index in [9.17, 15) is 9.18 Å². The third-order valence-electron chi connectivity index (χ3n) is 7.50. The molecule has 3 aromatic carbocycles. The molecule has 0 spiro atoms. The summed E-state index contributed by atoms with van der Waals surface area (Å²) in [6.45, 7) is 6.82. The van der Waals surface area contributed by atoms with Crippen molar-refractivity contribution in [3.63, 3.8) is 0 Å². The van der Waals surface area contributed by atoms with Crippen LogP contribution in [-0.2, 0) is 13.2 Å². The van der Waals surface area contributed by atoms with Crippen molar-refractivity contribution in [2.24, 2.45) is 5.10 Å². The van der Waals surface area contributed by atoms with Gasteiger partial charge < -0.3 is 18.3 Å². The highest BCUT2D eigenvalue weighted by Gasteiger charge is 2.15. The first-order valence-electron chi connectivity index (χ1n) is 14.0. The molecule has 6 rings (SSSR count). The Morgan fingerprint density at radius 2 is 1.70 bits per heavy atom. The van der Waals surface area contributed by atoms with Crippen molar-refractivity contribution in [1.29, 1.82) is 0 Å². The standard InChI is InChI=1S/C35H31FN4O3/c1-23-11-12-24(2)40(23)28-13-15-29(16-14-28)42-22-30-17-18-34(43-30)35(41)38-37-20-32-25(3)39(33-10-5-4-9-31(32)33)21-26-7-6-8-27(36)19-26/h4-20H,21-22H2,1-3H3,(H,38,41)/b37-20+. The maximum atomic E-state index is 13.8. The number of hydrogen-bond donors (Lipinski definition) is 1. The van der Waals surface area contributed by atoms with Crippen LogP contribution in [0.1, 0.15) is 44.5 Å². The Morgan fingerprint density at radius 1 is 0.930 bits per heavy atom. The lowest BCUT2D eigenvalue weighted by Gasteiger charge is -2.10. The molecule has 0 radical (unpaired) electrons. The summed E-state index contributed by atoms with van der Waals surface area (Å²) in [6, 6.07) is 29.8. The normalized spacial score (nSPS) is 11.4. The van der Waals surface area contributed by atoms with E-state index in [1.54, 1.807) is 24.4 Å². The minimum atomic E-state index is -0.467.